The first-order valence-electron chi connectivity index (χ1n) is 4.39. The highest BCUT2D eigenvalue weighted by Crippen LogP contribution is 2.18. The number of aryl methyl sites for hydroxylation is 1. The maximum Gasteiger partial charge on any atom is 0.437 e. The molecule has 0 aliphatic rings. The van der Waals surface area contributed by atoms with Gasteiger partial charge in [-0.1, -0.05) is 0 Å². The Balaban J connectivity index is 2.41. The SMILES string of the molecule is Cc1ncsc1CCOC(F)(F)C(=O)NN. The number of nitrogens with one attached hydrogen (secondary N) is 1. The zero-order valence-electron chi connectivity index (χ0n) is 8.50. The Morgan fingerprint density at radius 3 is 2.94 bits per heavy atom. The number of ether oxygens (including phenoxy) is 1. The number of nitrogens with two attached hydrogens (primary N) is 1. The first-order valence-corrected chi connectivity index (χ1v) is 5.27. The summed E-state index contributed by atoms with van der Waals surface area (Å²) in [6.07, 6.45) is -3.61. The molecule has 0 fully saturated rings. The number of aromatic nitrogens is 1. The van der Waals surface area contributed by atoms with Gasteiger partial charge in [0.2, 0.25) is 0 Å². The molecule has 0 bridgehead atoms. The summed E-state index contributed by atoms with van der Waals surface area (Å²) in [5.74, 6) is 2.92. The quantitative estimate of drug-likeness (QED) is 0.456. The Hall–Kier alpha value is -1.12. The second kappa shape index (κ2) is 5.28. The van der Waals surface area contributed by atoms with Crippen molar-refractivity contribution in [3.63, 3.8) is 0 Å². The highest BCUT2D eigenvalue weighted by Gasteiger charge is 2.39. The standard InChI is InChI=1S/C8H11F2N3O2S/c1-5-6(16-4-12-5)2-3-15-8(9,10)7(14)13-11/h4H,2-3,11H2,1H3,(H,13,14). The molecule has 90 valence electrons. The van der Waals surface area contributed by atoms with Crippen LogP contribution in [-0.2, 0) is 16.0 Å². The Morgan fingerprint density at radius 2 is 2.44 bits per heavy atom. The van der Waals surface area contributed by atoms with Crippen LogP contribution in [0.3, 0.4) is 0 Å². The molecule has 0 saturated carbocycles. The summed E-state index contributed by atoms with van der Waals surface area (Å²) in [5.41, 5.74) is 3.74. The maximum absolute atomic E-state index is 12.8. The number of hydrogen-bond acceptors (Lipinski definition) is 5. The van der Waals surface area contributed by atoms with Crippen LogP contribution in [0.1, 0.15) is 10.6 Å². The third kappa shape index (κ3) is 3.19. The van der Waals surface area contributed by atoms with Gasteiger partial charge < -0.3 is 4.74 Å². The third-order valence-electron chi connectivity index (χ3n) is 1.85. The molecule has 0 aliphatic carbocycles. The topological polar surface area (TPSA) is 77.2 Å². The monoisotopic (exact) mass is 251 g/mol. The van der Waals surface area contributed by atoms with Gasteiger partial charge in [-0.15, -0.1) is 11.3 Å². The average molecular weight is 251 g/mol. The molecular formula is C8H11F2N3O2S. The number of rotatable bonds is 5. The van der Waals surface area contributed by atoms with E-state index in [0.29, 0.717) is 0 Å². The molecule has 0 unspecified atom stereocenters. The van der Waals surface area contributed by atoms with Crippen molar-refractivity contribution in [3.8, 4) is 0 Å². The van der Waals surface area contributed by atoms with E-state index in [1.54, 1.807) is 12.4 Å². The second-order valence-electron chi connectivity index (χ2n) is 2.95. The molecule has 0 aliphatic heterocycles. The van der Waals surface area contributed by atoms with Crippen LogP contribution < -0.4 is 11.3 Å². The number of carbonyl (C=O) groups excluding carboxylic acids is 1. The molecule has 8 heteroatoms. The van der Waals surface area contributed by atoms with Gasteiger partial charge in [-0.05, 0) is 6.92 Å². The first kappa shape index (κ1) is 12.9. The molecule has 1 heterocycles. The van der Waals surface area contributed by atoms with Gasteiger partial charge in [0.05, 0.1) is 17.8 Å². The van der Waals surface area contributed by atoms with E-state index in [-0.39, 0.29) is 13.0 Å². The van der Waals surface area contributed by atoms with Gasteiger partial charge in [0.15, 0.2) is 0 Å². The van der Waals surface area contributed by atoms with E-state index in [2.05, 4.69) is 15.6 Å². The lowest BCUT2D eigenvalue weighted by Gasteiger charge is -2.14. The van der Waals surface area contributed by atoms with Gasteiger partial charge in [0.25, 0.3) is 0 Å². The second-order valence-corrected chi connectivity index (χ2v) is 3.89. The molecule has 0 spiro atoms. The number of hydrazine groups is 1. The smallest absolute Gasteiger partial charge is 0.312 e. The third-order valence-corrected chi connectivity index (χ3v) is 2.85. The molecule has 3 N–H and O–H groups in total. The van der Waals surface area contributed by atoms with E-state index in [1.165, 1.54) is 16.8 Å². The minimum absolute atomic E-state index is 0.274. The van der Waals surface area contributed by atoms with Crippen molar-refractivity contribution in [2.75, 3.05) is 6.61 Å². The van der Waals surface area contributed by atoms with E-state index >= 15 is 0 Å². The zero-order chi connectivity index (χ0) is 12.2. The van der Waals surface area contributed by atoms with Crippen LogP contribution >= 0.6 is 11.3 Å². The van der Waals surface area contributed by atoms with Gasteiger partial charge in [-0.2, -0.15) is 8.78 Å². The Labute approximate surface area is 94.6 Å². The maximum atomic E-state index is 12.8. The van der Waals surface area contributed by atoms with E-state index in [1.807, 2.05) is 0 Å². The summed E-state index contributed by atoms with van der Waals surface area (Å²) in [5, 5.41) is 0. The average Bonchev–Trinajstić information content (AvgIpc) is 2.63. The number of amides is 1. The van der Waals surface area contributed by atoms with E-state index in [0.717, 1.165) is 10.6 Å². The highest BCUT2D eigenvalue weighted by atomic mass is 32.1. The predicted octanol–water partition coefficient (Wildman–Crippen LogP) is 0.593. The van der Waals surface area contributed by atoms with Crippen molar-refractivity contribution in [2.24, 2.45) is 5.84 Å². The van der Waals surface area contributed by atoms with Crippen LogP contribution in [0.15, 0.2) is 5.51 Å². The lowest BCUT2D eigenvalue weighted by molar-refractivity contribution is -0.230. The van der Waals surface area contributed by atoms with E-state index in [9.17, 15) is 13.6 Å². The highest BCUT2D eigenvalue weighted by molar-refractivity contribution is 7.09. The van der Waals surface area contributed by atoms with Gasteiger partial charge in [-0.25, -0.2) is 10.8 Å². The Bertz CT molecular complexity index is 370. The zero-order valence-corrected chi connectivity index (χ0v) is 9.31. The van der Waals surface area contributed by atoms with Crippen molar-refractivity contribution in [3.05, 3.63) is 16.1 Å². The summed E-state index contributed by atoms with van der Waals surface area (Å²) in [6, 6.07) is 0. The van der Waals surface area contributed by atoms with Crippen LogP contribution in [0.2, 0.25) is 0 Å². The summed E-state index contributed by atoms with van der Waals surface area (Å²) in [4.78, 5) is 15.4. The van der Waals surface area contributed by atoms with Crippen molar-refractivity contribution >= 4 is 17.2 Å². The van der Waals surface area contributed by atoms with Crippen LogP contribution in [0.25, 0.3) is 0 Å². The van der Waals surface area contributed by atoms with Gasteiger partial charge >= 0.3 is 12.0 Å². The van der Waals surface area contributed by atoms with Gasteiger partial charge in [0.1, 0.15) is 0 Å². The molecule has 1 aromatic heterocycles. The molecule has 0 atom stereocenters. The molecule has 0 radical (unpaired) electrons. The number of thiazole rings is 1. The van der Waals surface area contributed by atoms with Crippen LogP contribution in [0.5, 0.6) is 0 Å². The van der Waals surface area contributed by atoms with Crippen molar-refractivity contribution < 1.29 is 18.3 Å². The number of alkyl halides is 2. The predicted molar refractivity (Wildman–Crippen MR) is 53.8 cm³/mol. The van der Waals surface area contributed by atoms with Crippen molar-refractivity contribution in [2.45, 2.75) is 19.5 Å². The fraction of sp³-hybridized carbons (Fsp3) is 0.500. The van der Waals surface area contributed by atoms with E-state index in [4.69, 9.17) is 0 Å². The van der Waals surface area contributed by atoms with Crippen LogP contribution in [0.4, 0.5) is 8.78 Å². The molecule has 0 saturated heterocycles. The Kier molecular flexibility index (Phi) is 4.27. The fourth-order valence-corrected chi connectivity index (χ4v) is 1.75. The number of hydrogen-bond donors (Lipinski definition) is 2. The summed E-state index contributed by atoms with van der Waals surface area (Å²) in [6.45, 7) is 1.50. The minimum Gasteiger partial charge on any atom is -0.312 e. The lowest BCUT2D eigenvalue weighted by Crippen LogP contribution is -2.45. The minimum atomic E-state index is -3.90. The van der Waals surface area contributed by atoms with E-state index < -0.39 is 12.0 Å². The Morgan fingerprint density at radius 1 is 1.75 bits per heavy atom. The van der Waals surface area contributed by atoms with Gasteiger partial charge in [-0.3, -0.25) is 10.2 Å². The largest absolute Gasteiger partial charge is 0.437 e. The normalized spacial score (nSPS) is 11.5. The molecule has 5 nitrogen and oxygen atoms in total. The van der Waals surface area contributed by atoms with Crippen molar-refractivity contribution in [1.29, 1.82) is 0 Å². The van der Waals surface area contributed by atoms with Gasteiger partial charge in [0, 0.05) is 11.3 Å². The number of carbonyl (C=O) groups is 1. The van der Waals surface area contributed by atoms with Crippen LogP contribution in [-0.4, -0.2) is 23.6 Å². The lowest BCUT2D eigenvalue weighted by atomic mass is 10.3. The number of nitrogens with zero attached hydrogens (tertiary/aromatic N) is 1. The first-order chi connectivity index (χ1) is 7.47. The molecule has 1 aromatic rings. The van der Waals surface area contributed by atoms with Crippen molar-refractivity contribution in [1.82, 2.24) is 10.4 Å². The molecule has 1 amide bonds. The summed E-state index contributed by atoms with van der Waals surface area (Å²) >= 11 is 1.35. The summed E-state index contributed by atoms with van der Waals surface area (Å²) < 4.78 is 29.8. The molecule has 0 aromatic carbocycles. The van der Waals surface area contributed by atoms with Crippen LogP contribution in [0, 0.1) is 6.92 Å². The molecule has 1 rings (SSSR count). The summed E-state index contributed by atoms with van der Waals surface area (Å²) in [7, 11) is 0. The fourth-order valence-electron chi connectivity index (χ4n) is 0.988. The molecule has 16 heavy (non-hydrogen) atoms. The molecular weight excluding hydrogens is 240 g/mol. The number of halogens is 2.